The minimum absolute atomic E-state index is 0.0498. The molecule has 144 valence electrons. The van der Waals surface area contributed by atoms with E-state index in [0.29, 0.717) is 12.1 Å². The first-order chi connectivity index (χ1) is 12.7. The van der Waals surface area contributed by atoms with Crippen LogP contribution >= 0.6 is 0 Å². The first-order valence-electron chi connectivity index (χ1n) is 8.87. The van der Waals surface area contributed by atoms with E-state index in [1.54, 1.807) is 0 Å². The number of hydrogen-bond acceptors (Lipinski definition) is 5. The monoisotopic (exact) mass is 390 g/mol. The molecule has 2 aliphatic heterocycles. The van der Waals surface area contributed by atoms with E-state index in [-0.39, 0.29) is 17.7 Å². The summed E-state index contributed by atoms with van der Waals surface area (Å²) in [6, 6.07) is 5.49. The van der Waals surface area contributed by atoms with E-state index in [2.05, 4.69) is 9.88 Å². The normalized spacial score (nSPS) is 22.6. The molecule has 4 rings (SSSR count). The lowest BCUT2D eigenvalue weighted by molar-refractivity contribution is 0.237. The molecule has 0 spiro atoms. The van der Waals surface area contributed by atoms with Crippen molar-refractivity contribution < 1.29 is 8.42 Å². The van der Waals surface area contributed by atoms with Crippen LogP contribution in [-0.2, 0) is 10.0 Å². The van der Waals surface area contributed by atoms with Gasteiger partial charge in [-0.2, -0.15) is 0 Å². The molecule has 0 aliphatic carbocycles. The van der Waals surface area contributed by atoms with Gasteiger partial charge in [-0.05, 0) is 45.5 Å². The highest BCUT2D eigenvalue weighted by molar-refractivity contribution is 7.93. The molecular weight excluding hydrogens is 368 g/mol. The summed E-state index contributed by atoms with van der Waals surface area (Å²) in [5.41, 5.74) is 1.13. The Bertz CT molecular complexity index is 1130. The fourth-order valence-electron chi connectivity index (χ4n) is 4.34. The Morgan fingerprint density at radius 2 is 1.89 bits per heavy atom. The number of nitrogens with zero attached hydrogens (tertiary/aromatic N) is 2. The van der Waals surface area contributed by atoms with E-state index >= 15 is 0 Å². The van der Waals surface area contributed by atoms with Crippen LogP contribution in [0.4, 0.5) is 5.69 Å². The Hall–Kier alpha value is -2.39. The van der Waals surface area contributed by atoms with Crippen molar-refractivity contribution in [1.82, 2.24) is 14.9 Å². The summed E-state index contributed by atoms with van der Waals surface area (Å²) < 4.78 is 28.5. The standard InChI is InChI=1S/C18H22N4O4S/c1-10-4-5-14-12(8-10)13-9-21(3)7-6-15(13)22(14)27(25,26)16-11(2)19-18(24)20-17(16)23/h4-5,8,13,15H,6-7,9H2,1-3H3,(H2,19,20,23,24)/t13-,15+/m1/s1. The first-order valence-corrected chi connectivity index (χ1v) is 10.3. The van der Waals surface area contributed by atoms with E-state index < -0.39 is 26.2 Å². The van der Waals surface area contributed by atoms with Gasteiger partial charge in [0.2, 0.25) is 0 Å². The van der Waals surface area contributed by atoms with Crippen LogP contribution in [-0.4, -0.2) is 49.5 Å². The molecule has 3 heterocycles. The summed E-state index contributed by atoms with van der Waals surface area (Å²) in [4.78, 5) is 30.1. The molecule has 2 atom stereocenters. The maximum atomic E-state index is 13.5. The quantitative estimate of drug-likeness (QED) is 0.784. The fraction of sp³-hybridized carbons (Fsp3) is 0.444. The molecule has 2 N–H and O–H groups in total. The van der Waals surface area contributed by atoms with Crippen LogP contribution in [0.3, 0.4) is 0 Å². The number of sulfonamides is 1. The van der Waals surface area contributed by atoms with Crippen molar-refractivity contribution in [3.8, 4) is 0 Å². The lowest BCUT2D eigenvalue weighted by atomic mass is 9.89. The number of nitrogens with one attached hydrogen (secondary N) is 2. The lowest BCUT2D eigenvalue weighted by Gasteiger charge is -2.36. The number of likely N-dealkylation sites (N-methyl/N-ethyl adjacent to an activating group) is 1. The number of H-pyrrole nitrogens is 2. The summed E-state index contributed by atoms with van der Waals surface area (Å²) in [5, 5.41) is 0. The summed E-state index contributed by atoms with van der Waals surface area (Å²) in [6.45, 7) is 4.95. The highest BCUT2D eigenvalue weighted by Gasteiger charge is 2.47. The van der Waals surface area contributed by atoms with Gasteiger partial charge in [-0.1, -0.05) is 17.7 Å². The van der Waals surface area contributed by atoms with E-state index in [1.807, 2.05) is 37.2 Å². The summed E-state index contributed by atoms with van der Waals surface area (Å²) in [6.07, 6.45) is 0.675. The van der Waals surface area contributed by atoms with Gasteiger partial charge in [0.1, 0.15) is 0 Å². The van der Waals surface area contributed by atoms with Gasteiger partial charge in [0, 0.05) is 18.2 Å². The number of fused-ring (bicyclic) bond motifs is 3. The van der Waals surface area contributed by atoms with Gasteiger partial charge in [-0.25, -0.2) is 13.2 Å². The van der Waals surface area contributed by atoms with Gasteiger partial charge in [-0.3, -0.25) is 14.1 Å². The van der Waals surface area contributed by atoms with Gasteiger partial charge < -0.3 is 9.88 Å². The summed E-state index contributed by atoms with van der Waals surface area (Å²) in [5.74, 6) is 0.0515. The van der Waals surface area contributed by atoms with Crippen molar-refractivity contribution >= 4 is 15.7 Å². The van der Waals surface area contributed by atoms with Crippen molar-refractivity contribution in [2.45, 2.75) is 37.1 Å². The SMILES string of the molecule is Cc1ccc2c(c1)[C@H]1CN(C)CC[C@@H]1N2S(=O)(=O)c1c(C)[nH]c(=O)[nH]c1=O. The Balaban J connectivity index is 1.93. The molecule has 27 heavy (non-hydrogen) atoms. The largest absolute Gasteiger partial charge is 0.325 e. The topological polar surface area (TPSA) is 106 Å². The van der Waals surface area contributed by atoms with E-state index in [9.17, 15) is 18.0 Å². The van der Waals surface area contributed by atoms with Gasteiger partial charge in [-0.15, -0.1) is 0 Å². The van der Waals surface area contributed by atoms with Crippen LogP contribution in [0.15, 0.2) is 32.7 Å². The molecule has 2 aliphatic rings. The maximum Gasteiger partial charge on any atom is 0.325 e. The number of anilines is 1. The number of piperidine rings is 1. The molecule has 0 unspecified atom stereocenters. The molecule has 8 nitrogen and oxygen atoms in total. The van der Waals surface area contributed by atoms with Gasteiger partial charge in [0.25, 0.3) is 15.6 Å². The van der Waals surface area contributed by atoms with Crippen LogP contribution in [0.5, 0.6) is 0 Å². The Labute approximate surface area is 156 Å². The second kappa shape index (κ2) is 6.07. The fourth-order valence-corrected chi connectivity index (χ4v) is 6.30. The average Bonchev–Trinajstić information content (AvgIpc) is 2.87. The maximum absolute atomic E-state index is 13.5. The Morgan fingerprint density at radius 1 is 1.15 bits per heavy atom. The third kappa shape index (κ3) is 2.72. The number of aromatic nitrogens is 2. The predicted molar refractivity (Wildman–Crippen MR) is 102 cm³/mol. The van der Waals surface area contributed by atoms with Crippen LogP contribution < -0.4 is 15.6 Å². The van der Waals surface area contributed by atoms with Crippen molar-refractivity contribution in [2.75, 3.05) is 24.4 Å². The average molecular weight is 390 g/mol. The number of aryl methyl sites for hydroxylation is 2. The van der Waals surface area contributed by atoms with E-state index in [4.69, 9.17) is 0 Å². The number of rotatable bonds is 2. The Kier molecular flexibility index (Phi) is 4.04. The van der Waals surface area contributed by atoms with Crippen molar-refractivity contribution in [3.63, 3.8) is 0 Å². The minimum atomic E-state index is -4.13. The molecule has 0 radical (unpaired) electrons. The number of aromatic amines is 2. The van der Waals surface area contributed by atoms with Crippen LogP contribution in [0, 0.1) is 13.8 Å². The molecule has 0 amide bonds. The lowest BCUT2D eigenvalue weighted by Crippen LogP contribution is -2.48. The van der Waals surface area contributed by atoms with Crippen molar-refractivity contribution in [1.29, 1.82) is 0 Å². The molecule has 2 aromatic rings. The Morgan fingerprint density at radius 3 is 2.59 bits per heavy atom. The zero-order valence-corrected chi connectivity index (χ0v) is 16.3. The van der Waals surface area contributed by atoms with Gasteiger partial charge >= 0.3 is 5.69 Å². The van der Waals surface area contributed by atoms with Gasteiger partial charge in [0.05, 0.1) is 11.7 Å². The van der Waals surface area contributed by atoms with E-state index in [1.165, 1.54) is 11.2 Å². The minimum Gasteiger partial charge on any atom is -0.310 e. The highest BCUT2D eigenvalue weighted by Crippen LogP contribution is 2.47. The van der Waals surface area contributed by atoms with Crippen LogP contribution in [0.2, 0.25) is 0 Å². The molecule has 1 aromatic carbocycles. The molecular formula is C18H22N4O4S. The second-order valence-corrected chi connectivity index (χ2v) is 9.20. The first kappa shape index (κ1) is 18.0. The summed E-state index contributed by atoms with van der Waals surface area (Å²) >= 11 is 0. The molecule has 9 heteroatoms. The molecule has 1 aromatic heterocycles. The number of likely N-dealkylation sites (tertiary alicyclic amines) is 1. The van der Waals surface area contributed by atoms with Crippen LogP contribution in [0.1, 0.15) is 29.2 Å². The van der Waals surface area contributed by atoms with Crippen molar-refractivity contribution in [2.24, 2.45) is 0 Å². The zero-order valence-electron chi connectivity index (χ0n) is 15.4. The molecule has 0 saturated carbocycles. The van der Waals surface area contributed by atoms with Crippen molar-refractivity contribution in [3.05, 3.63) is 55.9 Å². The van der Waals surface area contributed by atoms with E-state index in [0.717, 1.165) is 24.2 Å². The third-order valence-corrected chi connectivity index (χ3v) is 7.49. The number of benzene rings is 1. The number of hydrogen-bond donors (Lipinski definition) is 2. The molecule has 1 saturated heterocycles. The second-order valence-electron chi connectivity index (χ2n) is 7.45. The summed E-state index contributed by atoms with van der Waals surface area (Å²) in [7, 11) is -2.10. The molecule has 1 fully saturated rings. The smallest absolute Gasteiger partial charge is 0.310 e. The molecule has 0 bridgehead atoms. The van der Waals surface area contributed by atoms with Crippen LogP contribution in [0.25, 0.3) is 0 Å². The predicted octanol–water partition coefficient (Wildman–Crippen LogP) is 0.677. The third-order valence-electron chi connectivity index (χ3n) is 5.49. The highest BCUT2D eigenvalue weighted by atomic mass is 32.2. The van der Waals surface area contributed by atoms with Gasteiger partial charge in [0.15, 0.2) is 4.90 Å². The zero-order chi connectivity index (χ0) is 19.5.